The molecule has 1 aliphatic rings. The molecule has 0 aromatic carbocycles. The number of unbranched alkanes of at least 4 members (excludes halogenated alkanes) is 11. The minimum atomic E-state index is -3.71. The number of hydroxylamine groups is 2. The molecule has 1 saturated heterocycles. The summed E-state index contributed by atoms with van der Waals surface area (Å²) in [6.07, 6.45) is 20.0. The molecule has 1 rings (SSSR count). The Kier molecular flexibility index (Phi) is 13.4. The maximum atomic E-state index is 12.0. The van der Waals surface area contributed by atoms with Crippen molar-refractivity contribution in [2.24, 2.45) is 0 Å². The predicted octanol–water partition coefficient (Wildman–Crippen LogP) is 4.65. The number of sulfone groups is 1. The second-order valence-corrected chi connectivity index (χ2v) is 10.6. The van der Waals surface area contributed by atoms with Crippen molar-refractivity contribution < 1.29 is 27.6 Å². The summed E-state index contributed by atoms with van der Waals surface area (Å²) in [7, 11) is -3.71. The highest BCUT2D eigenvalue weighted by atomic mass is 32.2. The van der Waals surface area contributed by atoms with Crippen molar-refractivity contribution in [1.82, 2.24) is 5.06 Å². The number of carbonyl (C=O) groups is 3. The molecular formula is C23H39NO6S. The highest BCUT2D eigenvalue weighted by Crippen LogP contribution is 2.20. The molecule has 7 nitrogen and oxygen atoms in total. The van der Waals surface area contributed by atoms with Crippen LogP contribution in [0.5, 0.6) is 0 Å². The lowest BCUT2D eigenvalue weighted by Crippen LogP contribution is -2.36. The first-order chi connectivity index (χ1) is 14.8. The maximum Gasteiger partial charge on any atom is 0.333 e. The van der Waals surface area contributed by atoms with E-state index >= 15 is 0 Å². The van der Waals surface area contributed by atoms with Crippen LogP contribution in [-0.2, 0) is 29.1 Å². The fraction of sp³-hybridized carbons (Fsp3) is 0.783. The Balaban J connectivity index is 2.02. The first kappa shape index (κ1) is 27.3. The average Bonchev–Trinajstić information content (AvgIpc) is 2.99. The van der Waals surface area contributed by atoms with Gasteiger partial charge in [-0.2, -0.15) is 0 Å². The summed E-state index contributed by atoms with van der Waals surface area (Å²) in [5, 5.41) is -1.14. The van der Waals surface area contributed by atoms with Crippen LogP contribution in [0, 0.1) is 0 Å². The number of amides is 2. The lowest BCUT2D eigenvalue weighted by Gasteiger charge is -2.13. The van der Waals surface area contributed by atoms with Crippen LogP contribution >= 0.6 is 0 Å². The third-order valence-electron chi connectivity index (χ3n) is 5.41. The van der Waals surface area contributed by atoms with Gasteiger partial charge < -0.3 is 4.84 Å². The van der Waals surface area contributed by atoms with Crippen LogP contribution in [0.3, 0.4) is 0 Å². The molecule has 1 unspecified atom stereocenters. The molecule has 0 bridgehead atoms. The second kappa shape index (κ2) is 15.2. The topological polar surface area (TPSA) is 97.8 Å². The Hall–Kier alpha value is -1.70. The Morgan fingerprint density at radius 2 is 1.45 bits per heavy atom. The van der Waals surface area contributed by atoms with Crippen LogP contribution in [0.1, 0.15) is 103 Å². The predicted molar refractivity (Wildman–Crippen MR) is 121 cm³/mol. The molecule has 1 fully saturated rings. The number of allylic oxidation sites excluding steroid dienone is 2. The number of carbonyl (C=O) groups excluding carboxylic acids is 3. The molecule has 0 aliphatic carbocycles. The Bertz CT molecular complexity index is 701. The number of nitrogens with zero attached hydrogens (tertiary/aromatic N) is 1. The normalized spacial score (nSPS) is 17.1. The molecule has 178 valence electrons. The van der Waals surface area contributed by atoms with E-state index in [-0.39, 0.29) is 6.42 Å². The molecule has 0 aromatic heterocycles. The van der Waals surface area contributed by atoms with Gasteiger partial charge in [0.25, 0.3) is 11.8 Å². The van der Waals surface area contributed by atoms with Gasteiger partial charge in [-0.05, 0) is 32.1 Å². The number of hydrogen-bond donors (Lipinski definition) is 0. The van der Waals surface area contributed by atoms with Gasteiger partial charge in [0.1, 0.15) is 0 Å². The fourth-order valence-electron chi connectivity index (χ4n) is 3.50. The van der Waals surface area contributed by atoms with E-state index in [1.165, 1.54) is 44.9 Å². The first-order valence-electron chi connectivity index (χ1n) is 11.7. The maximum absolute atomic E-state index is 12.0. The molecule has 0 radical (unpaired) electrons. The Morgan fingerprint density at radius 3 is 1.97 bits per heavy atom. The SMILES string of the molecule is CCCCCCCC/C=C\CCCCCCCC(=O)ON1C(=O)CC(S(C)(=O)=O)C1=O. The van der Waals surface area contributed by atoms with E-state index < -0.39 is 39.3 Å². The largest absolute Gasteiger partial charge is 0.333 e. The van der Waals surface area contributed by atoms with Crippen LogP contribution in [0.15, 0.2) is 12.2 Å². The molecule has 8 heteroatoms. The summed E-state index contributed by atoms with van der Waals surface area (Å²) >= 11 is 0. The summed E-state index contributed by atoms with van der Waals surface area (Å²) in [4.78, 5) is 40.4. The number of rotatable bonds is 17. The third-order valence-corrected chi connectivity index (χ3v) is 6.82. The highest BCUT2D eigenvalue weighted by Gasteiger charge is 2.46. The van der Waals surface area contributed by atoms with Gasteiger partial charge in [0.2, 0.25) is 0 Å². The van der Waals surface area contributed by atoms with Gasteiger partial charge in [0, 0.05) is 12.7 Å². The highest BCUT2D eigenvalue weighted by molar-refractivity contribution is 7.92. The monoisotopic (exact) mass is 457 g/mol. The van der Waals surface area contributed by atoms with Crippen LogP contribution in [-0.4, -0.2) is 42.8 Å². The van der Waals surface area contributed by atoms with Gasteiger partial charge in [-0.25, -0.2) is 13.2 Å². The standard InChI is InChI=1S/C23H39NO6S/c1-3-4-5-6-7-8-9-10-11-12-13-14-15-16-17-18-22(26)30-24-21(25)19-20(23(24)27)31(2,28)29/h10-11,20H,3-9,12-19H2,1-2H3/b11-10-. The van der Waals surface area contributed by atoms with Crippen molar-refractivity contribution >= 4 is 27.6 Å². The van der Waals surface area contributed by atoms with Crippen molar-refractivity contribution in [1.29, 1.82) is 0 Å². The van der Waals surface area contributed by atoms with Crippen molar-refractivity contribution in [2.45, 2.75) is 108 Å². The van der Waals surface area contributed by atoms with Crippen molar-refractivity contribution in [3.63, 3.8) is 0 Å². The average molecular weight is 458 g/mol. The van der Waals surface area contributed by atoms with E-state index in [1.54, 1.807) is 0 Å². The molecule has 1 atom stereocenters. The first-order valence-corrected chi connectivity index (χ1v) is 13.6. The van der Waals surface area contributed by atoms with E-state index in [4.69, 9.17) is 4.84 Å². The fourth-order valence-corrected chi connectivity index (χ4v) is 4.41. The third kappa shape index (κ3) is 11.5. The van der Waals surface area contributed by atoms with Gasteiger partial charge in [-0.15, -0.1) is 5.06 Å². The molecule has 1 aliphatic heterocycles. The van der Waals surface area contributed by atoms with Crippen molar-refractivity contribution in [3.8, 4) is 0 Å². The Morgan fingerprint density at radius 1 is 0.935 bits per heavy atom. The van der Waals surface area contributed by atoms with E-state index in [0.717, 1.165) is 38.4 Å². The molecule has 0 aromatic rings. The lowest BCUT2D eigenvalue weighted by atomic mass is 10.1. The van der Waals surface area contributed by atoms with E-state index in [0.29, 0.717) is 11.5 Å². The summed E-state index contributed by atoms with van der Waals surface area (Å²) in [6, 6.07) is 0. The van der Waals surface area contributed by atoms with Gasteiger partial charge in [0.15, 0.2) is 15.1 Å². The minimum Gasteiger partial charge on any atom is -0.330 e. The molecule has 0 saturated carbocycles. The Labute approximate surface area is 187 Å². The molecular weight excluding hydrogens is 418 g/mol. The van der Waals surface area contributed by atoms with E-state index in [9.17, 15) is 22.8 Å². The molecule has 31 heavy (non-hydrogen) atoms. The molecule has 1 heterocycles. The molecule has 0 spiro atoms. The molecule has 2 amide bonds. The van der Waals surface area contributed by atoms with Crippen molar-refractivity contribution in [3.05, 3.63) is 12.2 Å². The van der Waals surface area contributed by atoms with E-state index in [1.807, 2.05) is 0 Å². The number of imide groups is 1. The number of hydrogen-bond acceptors (Lipinski definition) is 6. The van der Waals surface area contributed by atoms with Gasteiger partial charge in [-0.3, -0.25) is 9.59 Å². The van der Waals surface area contributed by atoms with Crippen LogP contribution < -0.4 is 0 Å². The van der Waals surface area contributed by atoms with Crippen molar-refractivity contribution in [2.75, 3.05) is 6.26 Å². The minimum absolute atomic E-state index is 0.0960. The second-order valence-electron chi connectivity index (χ2n) is 8.35. The zero-order chi connectivity index (χ0) is 23.1. The smallest absolute Gasteiger partial charge is 0.330 e. The van der Waals surface area contributed by atoms with Gasteiger partial charge >= 0.3 is 5.97 Å². The summed E-state index contributed by atoms with van der Waals surface area (Å²) in [5.74, 6) is -2.46. The van der Waals surface area contributed by atoms with E-state index in [2.05, 4.69) is 19.1 Å². The zero-order valence-corrected chi connectivity index (χ0v) is 20.0. The van der Waals surface area contributed by atoms with Crippen LogP contribution in [0.25, 0.3) is 0 Å². The quantitative estimate of drug-likeness (QED) is 0.179. The van der Waals surface area contributed by atoms with Crippen LogP contribution in [0.2, 0.25) is 0 Å². The lowest BCUT2D eigenvalue weighted by molar-refractivity contribution is -0.197. The summed E-state index contributed by atoms with van der Waals surface area (Å²) in [5.41, 5.74) is 0. The van der Waals surface area contributed by atoms with Gasteiger partial charge in [0.05, 0.1) is 6.42 Å². The van der Waals surface area contributed by atoms with Crippen LogP contribution in [0.4, 0.5) is 0 Å². The van der Waals surface area contributed by atoms with Gasteiger partial charge in [-0.1, -0.05) is 70.4 Å². The zero-order valence-electron chi connectivity index (χ0n) is 19.1. The summed E-state index contributed by atoms with van der Waals surface area (Å²) < 4.78 is 23.0. The molecule has 0 N–H and O–H groups in total. The summed E-state index contributed by atoms with van der Waals surface area (Å²) in [6.45, 7) is 2.23.